The molecule has 4 amide bonds. The minimum absolute atomic E-state index is 0.0253. The summed E-state index contributed by atoms with van der Waals surface area (Å²) in [6.45, 7) is 3.67. The lowest BCUT2D eigenvalue weighted by molar-refractivity contribution is -0.125. The van der Waals surface area contributed by atoms with Crippen LogP contribution in [-0.2, 0) is 16.9 Å². The number of nitrogens with one attached hydrogen (secondary N) is 2. The van der Waals surface area contributed by atoms with E-state index in [0.717, 1.165) is 5.56 Å². The molecule has 0 spiro atoms. The fourth-order valence-corrected chi connectivity index (χ4v) is 4.20. The third-order valence-electron chi connectivity index (χ3n) is 5.82. The monoisotopic (exact) mass is 435 g/mol. The van der Waals surface area contributed by atoms with Gasteiger partial charge < -0.3 is 19.4 Å². The zero-order valence-electron chi connectivity index (χ0n) is 17.0. The molecule has 32 heavy (non-hydrogen) atoms. The molecular formula is C23H18FN3O5. The van der Waals surface area contributed by atoms with Crippen LogP contribution in [-0.4, -0.2) is 36.4 Å². The minimum atomic E-state index is -1.71. The SMILES string of the molecule is C=Cc1cc(F)c2oc([C@]3(CN4Cc5ccc(OC)cc5C4=O)NC(=O)NC3=O)cc2c1. The largest absolute Gasteiger partial charge is 0.497 e. The highest BCUT2D eigenvalue weighted by atomic mass is 19.1. The maximum absolute atomic E-state index is 14.5. The highest BCUT2D eigenvalue weighted by Gasteiger charge is 2.53. The minimum Gasteiger partial charge on any atom is -0.497 e. The van der Waals surface area contributed by atoms with Gasteiger partial charge in [0.25, 0.3) is 11.8 Å². The maximum Gasteiger partial charge on any atom is 0.322 e. The number of rotatable bonds is 5. The zero-order chi connectivity index (χ0) is 22.6. The molecule has 0 radical (unpaired) electrons. The van der Waals surface area contributed by atoms with Crippen LogP contribution in [0.4, 0.5) is 9.18 Å². The van der Waals surface area contributed by atoms with Crippen LogP contribution in [0.1, 0.15) is 27.2 Å². The Kier molecular flexibility index (Phi) is 4.30. The quantitative estimate of drug-likeness (QED) is 0.601. The molecule has 1 saturated heterocycles. The van der Waals surface area contributed by atoms with Crippen molar-refractivity contribution in [3.05, 3.63) is 71.2 Å². The number of imide groups is 1. The topological polar surface area (TPSA) is 101 Å². The summed E-state index contributed by atoms with van der Waals surface area (Å²) in [6.07, 6.45) is 1.49. The zero-order valence-corrected chi connectivity index (χ0v) is 17.0. The lowest BCUT2D eigenvalue weighted by atomic mass is 9.95. The van der Waals surface area contributed by atoms with E-state index < -0.39 is 23.3 Å². The molecule has 0 bridgehead atoms. The smallest absolute Gasteiger partial charge is 0.322 e. The molecular weight excluding hydrogens is 417 g/mol. The number of benzene rings is 2. The maximum atomic E-state index is 14.5. The molecule has 5 rings (SSSR count). The summed E-state index contributed by atoms with van der Waals surface area (Å²) in [4.78, 5) is 39.5. The third kappa shape index (κ3) is 2.85. The van der Waals surface area contributed by atoms with Crippen molar-refractivity contribution in [3.8, 4) is 5.75 Å². The van der Waals surface area contributed by atoms with Crippen LogP contribution in [0.15, 0.2) is 47.4 Å². The van der Waals surface area contributed by atoms with Gasteiger partial charge in [0.15, 0.2) is 16.9 Å². The molecule has 1 aromatic heterocycles. The van der Waals surface area contributed by atoms with Crippen LogP contribution in [0.5, 0.6) is 5.75 Å². The molecule has 0 aliphatic carbocycles. The van der Waals surface area contributed by atoms with E-state index in [2.05, 4.69) is 17.2 Å². The molecule has 162 valence electrons. The van der Waals surface area contributed by atoms with E-state index in [1.165, 1.54) is 30.2 Å². The summed E-state index contributed by atoms with van der Waals surface area (Å²) in [5.41, 5.74) is -0.00818. The normalized spacial score (nSPS) is 19.8. The second-order valence-electron chi connectivity index (χ2n) is 7.73. The lowest BCUT2D eigenvalue weighted by Crippen LogP contribution is -2.52. The summed E-state index contributed by atoms with van der Waals surface area (Å²) in [6, 6.07) is 8.83. The van der Waals surface area contributed by atoms with Crippen molar-refractivity contribution < 1.29 is 27.9 Å². The van der Waals surface area contributed by atoms with Crippen molar-refractivity contribution >= 4 is 34.9 Å². The number of urea groups is 1. The highest BCUT2D eigenvalue weighted by molar-refractivity contribution is 6.08. The average molecular weight is 435 g/mol. The van der Waals surface area contributed by atoms with Crippen molar-refractivity contribution in [3.63, 3.8) is 0 Å². The fraction of sp³-hybridized carbons (Fsp3) is 0.174. The Morgan fingerprint density at radius 2 is 2.06 bits per heavy atom. The number of hydrogen-bond acceptors (Lipinski definition) is 5. The van der Waals surface area contributed by atoms with Gasteiger partial charge in [-0.3, -0.25) is 14.9 Å². The fourth-order valence-electron chi connectivity index (χ4n) is 4.20. The summed E-state index contributed by atoms with van der Waals surface area (Å²) in [5.74, 6) is -1.07. The molecule has 2 aliphatic rings. The number of carbonyl (C=O) groups is 3. The number of furan rings is 1. The van der Waals surface area contributed by atoms with Gasteiger partial charge >= 0.3 is 6.03 Å². The van der Waals surface area contributed by atoms with Gasteiger partial charge in [-0.25, -0.2) is 9.18 Å². The van der Waals surface area contributed by atoms with Crippen molar-refractivity contribution in [2.75, 3.05) is 13.7 Å². The Labute approximate surface area is 181 Å². The van der Waals surface area contributed by atoms with E-state index in [1.54, 1.807) is 24.3 Å². The molecule has 2 N–H and O–H groups in total. The first-order chi connectivity index (χ1) is 15.3. The lowest BCUT2D eigenvalue weighted by Gasteiger charge is -2.29. The van der Waals surface area contributed by atoms with Crippen molar-refractivity contribution in [1.29, 1.82) is 0 Å². The number of amides is 4. The Balaban J connectivity index is 1.57. The standard InChI is InChI=1S/C23H18FN3O5/c1-3-12-6-14-8-18(32-19(14)17(24)7-12)23(21(29)25-22(30)26-23)11-27-10-13-4-5-15(31-2)9-16(13)20(27)28/h3-9H,1,10-11H2,2H3,(H2,25,26,29,30)/t23-/m0/s1. The number of ether oxygens (including phenoxy) is 1. The third-order valence-corrected chi connectivity index (χ3v) is 5.82. The van der Waals surface area contributed by atoms with E-state index in [-0.39, 0.29) is 30.3 Å². The number of halogens is 1. The second kappa shape index (κ2) is 6.94. The van der Waals surface area contributed by atoms with Gasteiger partial charge in [-0.1, -0.05) is 18.7 Å². The molecule has 1 fully saturated rings. The molecule has 3 heterocycles. The first-order valence-electron chi connectivity index (χ1n) is 9.80. The molecule has 3 aromatic rings. The van der Waals surface area contributed by atoms with Crippen molar-refractivity contribution in [2.45, 2.75) is 12.1 Å². The summed E-state index contributed by atoms with van der Waals surface area (Å²) in [7, 11) is 1.50. The Morgan fingerprint density at radius 1 is 1.25 bits per heavy atom. The molecule has 2 aromatic carbocycles. The van der Waals surface area contributed by atoms with Gasteiger partial charge in [0.1, 0.15) is 11.5 Å². The first-order valence-corrected chi connectivity index (χ1v) is 9.80. The number of fused-ring (bicyclic) bond motifs is 2. The Bertz CT molecular complexity index is 1330. The summed E-state index contributed by atoms with van der Waals surface area (Å²) >= 11 is 0. The summed E-state index contributed by atoms with van der Waals surface area (Å²) < 4.78 is 25.5. The molecule has 1 atom stereocenters. The second-order valence-corrected chi connectivity index (χ2v) is 7.73. The van der Waals surface area contributed by atoms with Crippen molar-refractivity contribution in [2.24, 2.45) is 0 Å². The van der Waals surface area contributed by atoms with E-state index in [9.17, 15) is 18.8 Å². The Morgan fingerprint density at radius 3 is 2.75 bits per heavy atom. The number of carbonyl (C=O) groups excluding carboxylic acids is 3. The van der Waals surface area contributed by atoms with Crippen LogP contribution >= 0.6 is 0 Å². The molecule has 2 aliphatic heterocycles. The number of methoxy groups -OCH3 is 1. The molecule has 0 unspecified atom stereocenters. The first kappa shape index (κ1) is 19.8. The predicted octanol–water partition coefficient (Wildman–Crippen LogP) is 2.91. The van der Waals surface area contributed by atoms with Crippen molar-refractivity contribution in [1.82, 2.24) is 15.5 Å². The molecule has 9 heteroatoms. The van der Waals surface area contributed by atoms with E-state index >= 15 is 0 Å². The molecule has 8 nitrogen and oxygen atoms in total. The summed E-state index contributed by atoms with van der Waals surface area (Å²) in [5, 5.41) is 5.19. The Hall–Kier alpha value is -4.14. The van der Waals surface area contributed by atoms with Gasteiger partial charge in [0.05, 0.1) is 13.7 Å². The van der Waals surface area contributed by atoms with Gasteiger partial charge in [-0.2, -0.15) is 0 Å². The van der Waals surface area contributed by atoms with Crippen LogP contribution in [0, 0.1) is 5.82 Å². The van der Waals surface area contributed by atoms with Gasteiger partial charge in [-0.15, -0.1) is 0 Å². The van der Waals surface area contributed by atoms with E-state index in [4.69, 9.17) is 9.15 Å². The van der Waals surface area contributed by atoms with Crippen LogP contribution in [0.2, 0.25) is 0 Å². The molecule has 0 saturated carbocycles. The van der Waals surface area contributed by atoms with Crippen LogP contribution < -0.4 is 15.4 Å². The van der Waals surface area contributed by atoms with Gasteiger partial charge in [-0.05, 0) is 41.5 Å². The van der Waals surface area contributed by atoms with E-state index in [1.807, 2.05) is 0 Å². The van der Waals surface area contributed by atoms with Gasteiger partial charge in [0, 0.05) is 17.5 Å². The van der Waals surface area contributed by atoms with Crippen LogP contribution in [0.25, 0.3) is 17.0 Å². The predicted molar refractivity (Wildman–Crippen MR) is 112 cm³/mol. The van der Waals surface area contributed by atoms with E-state index in [0.29, 0.717) is 22.3 Å². The van der Waals surface area contributed by atoms with Gasteiger partial charge in [0.2, 0.25) is 0 Å². The number of hydrogen-bond donors (Lipinski definition) is 2. The number of nitrogens with zero attached hydrogens (tertiary/aromatic N) is 1. The average Bonchev–Trinajstić information content (AvgIpc) is 3.43. The highest BCUT2D eigenvalue weighted by Crippen LogP contribution is 2.36. The van der Waals surface area contributed by atoms with Crippen LogP contribution in [0.3, 0.4) is 0 Å².